The van der Waals surface area contributed by atoms with E-state index in [4.69, 9.17) is 19.6 Å². The summed E-state index contributed by atoms with van der Waals surface area (Å²) in [6, 6.07) is 23.3. The zero-order valence-electron chi connectivity index (χ0n) is 22.7. The molecule has 3 N–H and O–H groups in total. The molecule has 6 rings (SSSR count). The van der Waals surface area contributed by atoms with E-state index < -0.39 is 0 Å². The normalized spacial score (nSPS) is 13.8. The maximum atomic E-state index is 9.88. The fourth-order valence-electron chi connectivity index (χ4n) is 5.34. The predicted molar refractivity (Wildman–Crippen MR) is 157 cm³/mol. The molecule has 5 aromatic rings. The van der Waals surface area contributed by atoms with Gasteiger partial charge in [-0.3, -0.25) is 4.68 Å². The Morgan fingerprint density at radius 3 is 2.50 bits per heavy atom. The first-order valence-electron chi connectivity index (χ1n) is 13.6. The van der Waals surface area contributed by atoms with Crippen LogP contribution in [0, 0.1) is 6.92 Å². The van der Waals surface area contributed by atoms with Gasteiger partial charge in [0.05, 0.1) is 24.1 Å². The number of hydrogen-bond donors (Lipinski definition) is 3. The first-order valence-corrected chi connectivity index (χ1v) is 13.6. The van der Waals surface area contributed by atoms with Gasteiger partial charge in [-0.15, -0.1) is 0 Å². The van der Waals surface area contributed by atoms with Gasteiger partial charge in [-0.05, 0) is 86.9 Å². The topological polar surface area (TPSA) is 93.5 Å². The Morgan fingerprint density at radius 1 is 1.00 bits per heavy atom. The lowest BCUT2D eigenvalue weighted by molar-refractivity contribution is 0.351. The highest BCUT2D eigenvalue weighted by molar-refractivity contribution is 6.02. The average molecular weight is 536 g/mol. The molecule has 0 saturated carbocycles. The first-order chi connectivity index (χ1) is 19.6. The molecule has 1 aliphatic heterocycles. The van der Waals surface area contributed by atoms with Crippen LogP contribution in [0.1, 0.15) is 30.0 Å². The Labute approximate surface area is 233 Å². The van der Waals surface area contributed by atoms with Crippen LogP contribution < -0.4 is 20.1 Å². The molecule has 3 aromatic carbocycles. The van der Waals surface area contributed by atoms with E-state index in [0.717, 1.165) is 76.5 Å². The molecule has 0 aliphatic carbocycles. The van der Waals surface area contributed by atoms with E-state index in [9.17, 15) is 5.11 Å². The molecule has 1 fully saturated rings. The number of ether oxygens (including phenoxy) is 2. The summed E-state index contributed by atoms with van der Waals surface area (Å²) in [5.41, 5.74) is 4.99. The van der Waals surface area contributed by atoms with Crippen LogP contribution in [0.3, 0.4) is 0 Å². The number of aromatic hydroxyl groups is 1. The molecule has 0 bridgehead atoms. The fraction of sp³-hybridized carbons (Fsp3) is 0.250. The van der Waals surface area contributed by atoms with E-state index in [1.54, 1.807) is 19.2 Å². The largest absolute Gasteiger partial charge is 0.508 e. The highest BCUT2D eigenvalue weighted by Gasteiger charge is 2.25. The number of fused-ring (bicyclic) bond motifs is 1. The smallest absolute Gasteiger partial charge is 0.137 e. The van der Waals surface area contributed by atoms with Gasteiger partial charge in [0, 0.05) is 29.9 Å². The van der Waals surface area contributed by atoms with Crippen molar-refractivity contribution in [2.24, 2.45) is 0 Å². The minimum absolute atomic E-state index is 0.168. The number of anilines is 1. The van der Waals surface area contributed by atoms with Gasteiger partial charge in [-0.2, -0.15) is 5.10 Å². The number of methoxy groups -OCH3 is 1. The maximum absolute atomic E-state index is 9.88. The number of nitrogens with one attached hydrogen (secondary N) is 2. The summed E-state index contributed by atoms with van der Waals surface area (Å²) in [6.45, 7) is 4.53. The Balaban J connectivity index is 1.41. The number of phenolic OH excluding ortho intramolecular Hbond substituents is 1. The van der Waals surface area contributed by atoms with Crippen LogP contribution in [-0.4, -0.2) is 40.1 Å². The number of aromatic nitrogens is 3. The molecule has 0 radical (unpaired) electrons. The minimum Gasteiger partial charge on any atom is -0.508 e. The third-order valence-electron chi connectivity index (χ3n) is 7.39. The van der Waals surface area contributed by atoms with Crippen molar-refractivity contribution >= 4 is 16.7 Å². The molecule has 3 heterocycles. The number of pyridine rings is 1. The van der Waals surface area contributed by atoms with E-state index in [1.807, 2.05) is 54.7 Å². The van der Waals surface area contributed by atoms with Gasteiger partial charge in [-0.1, -0.05) is 18.2 Å². The Morgan fingerprint density at radius 2 is 1.75 bits per heavy atom. The van der Waals surface area contributed by atoms with Crippen LogP contribution in [0.25, 0.3) is 22.2 Å². The Kier molecular flexibility index (Phi) is 7.25. The second kappa shape index (κ2) is 11.3. The number of nitrogens with zero attached hydrogens (tertiary/aromatic N) is 3. The number of hydrogen-bond acceptors (Lipinski definition) is 7. The molecular formula is C32H33N5O3. The Bertz CT molecular complexity index is 1610. The monoisotopic (exact) mass is 535 g/mol. The van der Waals surface area contributed by atoms with Crippen LogP contribution in [0.4, 0.5) is 5.82 Å². The van der Waals surface area contributed by atoms with Crippen molar-refractivity contribution in [1.29, 1.82) is 0 Å². The van der Waals surface area contributed by atoms with Crippen molar-refractivity contribution in [3.63, 3.8) is 0 Å². The standard InChI is InChI=1S/C32H33N5O3/c1-21-19-34-32(35-20-23-8-11-25(38)18-28(23)39-2)29-30(36-37(31(21)29)24-14-16-33-17-15-24)22-9-12-27(13-10-22)40-26-6-4-3-5-7-26/h3-13,18-19,24,33,38H,14-17,20H2,1-2H3,(H,34,35). The van der Waals surface area contributed by atoms with Gasteiger partial charge < -0.3 is 25.2 Å². The van der Waals surface area contributed by atoms with Gasteiger partial charge in [-0.25, -0.2) is 4.98 Å². The molecule has 8 heteroatoms. The van der Waals surface area contributed by atoms with Crippen LogP contribution in [-0.2, 0) is 6.54 Å². The van der Waals surface area contributed by atoms with E-state index in [-0.39, 0.29) is 5.75 Å². The van der Waals surface area contributed by atoms with Gasteiger partial charge in [0.2, 0.25) is 0 Å². The lowest BCUT2D eigenvalue weighted by atomic mass is 10.0. The third-order valence-corrected chi connectivity index (χ3v) is 7.39. The average Bonchev–Trinajstić information content (AvgIpc) is 3.40. The quantitative estimate of drug-likeness (QED) is 0.210. The summed E-state index contributed by atoms with van der Waals surface area (Å²) in [6.07, 6.45) is 3.96. The molecule has 0 atom stereocenters. The summed E-state index contributed by atoms with van der Waals surface area (Å²) in [5.74, 6) is 3.11. The van der Waals surface area contributed by atoms with Crippen molar-refractivity contribution in [2.45, 2.75) is 32.4 Å². The number of aryl methyl sites for hydroxylation is 1. The predicted octanol–water partition coefficient (Wildman–Crippen LogP) is 6.45. The summed E-state index contributed by atoms with van der Waals surface area (Å²) < 4.78 is 13.7. The van der Waals surface area contributed by atoms with Gasteiger partial charge in [0.15, 0.2) is 0 Å². The first kappa shape index (κ1) is 25.7. The van der Waals surface area contributed by atoms with Gasteiger partial charge >= 0.3 is 0 Å². The number of phenols is 1. The maximum Gasteiger partial charge on any atom is 0.137 e. The van der Waals surface area contributed by atoms with Crippen LogP contribution in [0.5, 0.6) is 23.0 Å². The molecule has 1 saturated heterocycles. The van der Waals surface area contributed by atoms with E-state index in [0.29, 0.717) is 18.3 Å². The third kappa shape index (κ3) is 5.18. The summed E-state index contributed by atoms with van der Waals surface area (Å²) in [5, 5.41) is 23.1. The number of benzene rings is 3. The van der Waals surface area contributed by atoms with Gasteiger partial charge in [0.25, 0.3) is 0 Å². The lowest BCUT2D eigenvalue weighted by Crippen LogP contribution is -2.30. The van der Waals surface area contributed by atoms with E-state index in [2.05, 4.69) is 34.4 Å². The summed E-state index contributed by atoms with van der Waals surface area (Å²) in [4.78, 5) is 4.82. The molecular weight excluding hydrogens is 502 g/mol. The molecule has 2 aromatic heterocycles. The van der Waals surface area contributed by atoms with Crippen molar-refractivity contribution in [2.75, 3.05) is 25.5 Å². The highest BCUT2D eigenvalue weighted by Crippen LogP contribution is 2.38. The van der Waals surface area contributed by atoms with Crippen molar-refractivity contribution in [3.8, 4) is 34.3 Å². The second-order valence-corrected chi connectivity index (χ2v) is 10.1. The number of rotatable bonds is 8. The molecule has 0 spiro atoms. The lowest BCUT2D eigenvalue weighted by Gasteiger charge is -2.24. The molecule has 0 unspecified atom stereocenters. The van der Waals surface area contributed by atoms with E-state index in [1.165, 1.54) is 0 Å². The Hall–Kier alpha value is -4.56. The molecule has 204 valence electrons. The van der Waals surface area contributed by atoms with Crippen molar-refractivity contribution < 1.29 is 14.6 Å². The summed E-state index contributed by atoms with van der Waals surface area (Å²) in [7, 11) is 1.60. The molecule has 0 amide bonds. The SMILES string of the molecule is COc1cc(O)ccc1CNc1ncc(C)c2c1c(-c1ccc(Oc3ccccc3)cc1)nn2C1CCNCC1. The zero-order valence-corrected chi connectivity index (χ0v) is 22.7. The number of para-hydroxylation sites is 1. The van der Waals surface area contributed by atoms with Crippen molar-refractivity contribution in [3.05, 3.63) is 90.1 Å². The van der Waals surface area contributed by atoms with Crippen molar-refractivity contribution in [1.82, 2.24) is 20.1 Å². The molecule has 40 heavy (non-hydrogen) atoms. The van der Waals surface area contributed by atoms with Gasteiger partial charge in [0.1, 0.15) is 34.5 Å². The van der Waals surface area contributed by atoms with E-state index >= 15 is 0 Å². The number of piperidine rings is 1. The highest BCUT2D eigenvalue weighted by atomic mass is 16.5. The van der Waals surface area contributed by atoms with Crippen LogP contribution in [0.2, 0.25) is 0 Å². The van der Waals surface area contributed by atoms with Crippen LogP contribution >= 0.6 is 0 Å². The molecule has 1 aliphatic rings. The fourth-order valence-corrected chi connectivity index (χ4v) is 5.34. The minimum atomic E-state index is 0.168. The summed E-state index contributed by atoms with van der Waals surface area (Å²) >= 11 is 0. The molecule has 8 nitrogen and oxygen atoms in total. The van der Waals surface area contributed by atoms with Crippen LogP contribution in [0.15, 0.2) is 79.0 Å². The zero-order chi connectivity index (χ0) is 27.5. The second-order valence-electron chi connectivity index (χ2n) is 10.1.